The summed E-state index contributed by atoms with van der Waals surface area (Å²) in [6.07, 6.45) is 1.39. The van der Waals surface area contributed by atoms with Crippen LogP contribution in [-0.4, -0.2) is 82.4 Å². The monoisotopic (exact) mass is 391 g/mol. The van der Waals surface area contributed by atoms with Gasteiger partial charge in [-0.15, -0.1) is 0 Å². The number of nitrogens with zero attached hydrogens (tertiary/aromatic N) is 4. The van der Waals surface area contributed by atoms with Crippen LogP contribution in [0.3, 0.4) is 0 Å². The molecule has 0 radical (unpaired) electrons. The van der Waals surface area contributed by atoms with Crippen molar-refractivity contribution in [3.05, 3.63) is 11.3 Å². The van der Waals surface area contributed by atoms with Gasteiger partial charge in [-0.2, -0.15) is 0 Å². The lowest BCUT2D eigenvalue weighted by Crippen LogP contribution is -2.51. The first-order chi connectivity index (χ1) is 13.3. The highest BCUT2D eigenvalue weighted by Crippen LogP contribution is 2.32. The molecule has 9 nitrogen and oxygen atoms in total. The van der Waals surface area contributed by atoms with Gasteiger partial charge in [0.05, 0.1) is 12.6 Å². The lowest BCUT2D eigenvalue weighted by molar-refractivity contribution is 0.0883. The Kier molecular flexibility index (Phi) is 4.95. The Labute approximate surface area is 164 Å². The van der Waals surface area contributed by atoms with Crippen LogP contribution in [0.25, 0.3) is 0 Å². The Morgan fingerprint density at radius 2 is 1.93 bits per heavy atom. The van der Waals surface area contributed by atoms with Gasteiger partial charge in [0.25, 0.3) is 0 Å². The number of carbonyl (C=O) groups is 2. The predicted molar refractivity (Wildman–Crippen MR) is 102 cm³/mol. The average Bonchev–Trinajstić information content (AvgIpc) is 3.30. The normalized spacial score (nSPS) is 26.1. The largest absolute Gasteiger partial charge is 0.442 e. The second-order valence-electron chi connectivity index (χ2n) is 8.31. The number of carbonyl (C=O) groups excluding carboxylic acids is 2. The second-order valence-corrected chi connectivity index (χ2v) is 8.31. The van der Waals surface area contributed by atoms with Crippen LogP contribution >= 0.6 is 0 Å². The molecule has 4 heterocycles. The number of aromatic nitrogens is 1. The molecule has 154 valence electrons. The van der Waals surface area contributed by atoms with Gasteiger partial charge in [0.2, 0.25) is 0 Å². The Morgan fingerprint density at radius 3 is 2.54 bits per heavy atom. The third-order valence-corrected chi connectivity index (χ3v) is 6.35. The summed E-state index contributed by atoms with van der Waals surface area (Å²) in [5.41, 5.74) is 0.817. The Hall–Kier alpha value is -2.29. The van der Waals surface area contributed by atoms with Crippen molar-refractivity contribution < 1.29 is 18.8 Å². The Balaban J connectivity index is 1.39. The number of fused-ring (bicyclic) bond motifs is 1. The van der Waals surface area contributed by atoms with E-state index in [1.807, 2.05) is 11.8 Å². The zero-order valence-corrected chi connectivity index (χ0v) is 17.0. The number of urea groups is 1. The molecular formula is C19H29N5O4. The molecule has 3 saturated heterocycles. The number of hydrogen-bond acceptors (Lipinski definition) is 6. The van der Waals surface area contributed by atoms with Crippen molar-refractivity contribution in [1.82, 2.24) is 19.9 Å². The quantitative estimate of drug-likeness (QED) is 0.849. The topological polar surface area (TPSA) is 91.2 Å². The zero-order valence-electron chi connectivity index (χ0n) is 17.0. The fraction of sp³-hybridized carbons (Fsp3) is 0.737. The van der Waals surface area contributed by atoms with E-state index in [2.05, 4.69) is 29.2 Å². The summed E-state index contributed by atoms with van der Waals surface area (Å²) in [6, 6.07) is 0.389. The van der Waals surface area contributed by atoms with E-state index in [0.29, 0.717) is 30.7 Å². The summed E-state index contributed by atoms with van der Waals surface area (Å²) < 4.78 is 10.7. The fourth-order valence-electron chi connectivity index (χ4n) is 4.45. The highest BCUT2D eigenvalue weighted by Gasteiger charge is 2.51. The van der Waals surface area contributed by atoms with E-state index in [0.717, 1.165) is 31.5 Å². The van der Waals surface area contributed by atoms with Crippen molar-refractivity contribution in [2.75, 3.05) is 31.5 Å². The molecule has 9 heteroatoms. The van der Waals surface area contributed by atoms with Crippen LogP contribution in [0.4, 0.5) is 15.4 Å². The molecule has 1 aromatic heterocycles. The Bertz CT molecular complexity index is 756. The molecule has 0 bridgehead atoms. The summed E-state index contributed by atoms with van der Waals surface area (Å²) in [5.74, 6) is 1.12. The summed E-state index contributed by atoms with van der Waals surface area (Å²) in [4.78, 5) is 31.1. The maximum atomic E-state index is 12.7. The molecule has 28 heavy (non-hydrogen) atoms. The van der Waals surface area contributed by atoms with Crippen LogP contribution in [0.2, 0.25) is 0 Å². The number of amides is 3. The number of hydrogen-bond donors (Lipinski definition) is 1. The molecule has 2 atom stereocenters. The van der Waals surface area contributed by atoms with Crippen LogP contribution in [-0.2, 0) is 4.74 Å². The molecule has 0 unspecified atom stereocenters. The van der Waals surface area contributed by atoms with Gasteiger partial charge in [-0.05, 0) is 40.5 Å². The van der Waals surface area contributed by atoms with Crippen LogP contribution in [0, 0.1) is 13.8 Å². The van der Waals surface area contributed by atoms with Crippen molar-refractivity contribution in [1.29, 1.82) is 0 Å². The van der Waals surface area contributed by atoms with Gasteiger partial charge in [-0.1, -0.05) is 5.16 Å². The first-order valence-electron chi connectivity index (χ1n) is 10.1. The molecule has 3 aliphatic rings. The third kappa shape index (κ3) is 3.32. The molecule has 0 spiro atoms. The first kappa shape index (κ1) is 19.0. The van der Waals surface area contributed by atoms with Gasteiger partial charge in [-0.3, -0.25) is 10.2 Å². The highest BCUT2D eigenvalue weighted by atomic mass is 16.6. The molecule has 3 amide bonds. The van der Waals surface area contributed by atoms with Crippen molar-refractivity contribution in [2.24, 2.45) is 0 Å². The molecule has 0 aliphatic carbocycles. The number of ether oxygens (including phenoxy) is 1. The SMILES string of the molecule is Cc1onc(NC(=O)N2C[C@@H]3OC(=O)N(C4CCN(C(C)C)CC4)[C@@H]3C2)c1C. The highest BCUT2D eigenvalue weighted by molar-refractivity contribution is 5.89. The van der Waals surface area contributed by atoms with Gasteiger partial charge >= 0.3 is 12.1 Å². The number of anilines is 1. The summed E-state index contributed by atoms with van der Waals surface area (Å²) in [5, 5.41) is 6.69. The van der Waals surface area contributed by atoms with Crippen molar-refractivity contribution >= 4 is 17.9 Å². The minimum absolute atomic E-state index is 0.0750. The number of aryl methyl sites for hydroxylation is 1. The van der Waals surface area contributed by atoms with Gasteiger partial charge in [0, 0.05) is 37.3 Å². The van der Waals surface area contributed by atoms with Crippen LogP contribution in [0.5, 0.6) is 0 Å². The van der Waals surface area contributed by atoms with Crippen molar-refractivity contribution in [3.63, 3.8) is 0 Å². The lowest BCUT2D eigenvalue weighted by atomic mass is 10.0. The minimum Gasteiger partial charge on any atom is -0.442 e. The molecule has 3 aliphatic heterocycles. The zero-order chi connectivity index (χ0) is 20.0. The van der Waals surface area contributed by atoms with E-state index in [1.54, 1.807) is 11.8 Å². The van der Waals surface area contributed by atoms with Crippen molar-refractivity contribution in [3.8, 4) is 0 Å². The van der Waals surface area contributed by atoms with Gasteiger partial charge in [-0.25, -0.2) is 9.59 Å². The lowest BCUT2D eigenvalue weighted by Gasteiger charge is -2.39. The summed E-state index contributed by atoms with van der Waals surface area (Å²) in [7, 11) is 0. The average molecular weight is 391 g/mol. The van der Waals surface area contributed by atoms with Gasteiger partial charge in [0.1, 0.15) is 11.9 Å². The van der Waals surface area contributed by atoms with E-state index in [4.69, 9.17) is 9.26 Å². The number of piperidine rings is 1. The van der Waals surface area contributed by atoms with E-state index in [-0.39, 0.29) is 30.3 Å². The molecule has 0 aromatic carbocycles. The second kappa shape index (κ2) is 7.27. The summed E-state index contributed by atoms with van der Waals surface area (Å²) >= 11 is 0. The van der Waals surface area contributed by atoms with Crippen molar-refractivity contribution in [2.45, 2.75) is 64.8 Å². The van der Waals surface area contributed by atoms with Gasteiger partial charge < -0.3 is 19.1 Å². The van der Waals surface area contributed by atoms with Crippen LogP contribution in [0.15, 0.2) is 4.52 Å². The van der Waals surface area contributed by atoms with Crippen LogP contribution < -0.4 is 5.32 Å². The number of likely N-dealkylation sites (tertiary alicyclic amines) is 2. The first-order valence-corrected chi connectivity index (χ1v) is 10.1. The maximum Gasteiger partial charge on any atom is 0.410 e. The molecule has 1 N–H and O–H groups in total. The van der Waals surface area contributed by atoms with Gasteiger partial charge in [0.15, 0.2) is 5.82 Å². The third-order valence-electron chi connectivity index (χ3n) is 6.35. The summed E-state index contributed by atoms with van der Waals surface area (Å²) in [6.45, 7) is 10.9. The molecule has 0 saturated carbocycles. The predicted octanol–water partition coefficient (Wildman–Crippen LogP) is 2.20. The molecule has 4 rings (SSSR count). The van der Waals surface area contributed by atoms with E-state index in [9.17, 15) is 9.59 Å². The standard InChI is InChI=1S/C19H29N5O4/c1-11(2)22-7-5-14(6-8-22)24-15-9-23(10-16(15)27-19(24)26)18(25)20-17-12(3)13(4)28-21-17/h11,14-16H,5-10H2,1-4H3,(H,20,21,25)/t15-,16+/m1/s1. The number of nitrogens with one attached hydrogen (secondary N) is 1. The molecule has 3 fully saturated rings. The van der Waals surface area contributed by atoms with Crippen LogP contribution in [0.1, 0.15) is 38.0 Å². The fourth-order valence-corrected chi connectivity index (χ4v) is 4.45. The van der Waals surface area contributed by atoms with E-state index in [1.165, 1.54) is 0 Å². The van der Waals surface area contributed by atoms with E-state index < -0.39 is 0 Å². The number of rotatable bonds is 3. The minimum atomic E-state index is -0.262. The molecule has 1 aromatic rings. The smallest absolute Gasteiger partial charge is 0.410 e. The Morgan fingerprint density at radius 1 is 1.21 bits per heavy atom. The molecular weight excluding hydrogens is 362 g/mol. The van der Waals surface area contributed by atoms with E-state index >= 15 is 0 Å². The maximum absolute atomic E-state index is 12.7.